The summed E-state index contributed by atoms with van der Waals surface area (Å²) in [6.07, 6.45) is 1.75. The van der Waals surface area contributed by atoms with Crippen LogP contribution in [0.2, 0.25) is 10.0 Å². The van der Waals surface area contributed by atoms with Crippen LogP contribution in [0.5, 0.6) is 0 Å². The molecule has 0 radical (unpaired) electrons. The van der Waals surface area contributed by atoms with Crippen molar-refractivity contribution in [3.63, 3.8) is 0 Å². The van der Waals surface area contributed by atoms with Gasteiger partial charge >= 0.3 is 5.97 Å². The number of rotatable bonds is 5. The van der Waals surface area contributed by atoms with Gasteiger partial charge < -0.3 is 20.6 Å². The van der Waals surface area contributed by atoms with Crippen molar-refractivity contribution < 1.29 is 14.7 Å². The Morgan fingerprint density at radius 3 is 2.38 bits per heavy atom. The van der Waals surface area contributed by atoms with Crippen molar-refractivity contribution in [2.75, 3.05) is 23.7 Å². The molecule has 9 heteroatoms. The van der Waals surface area contributed by atoms with Crippen molar-refractivity contribution in [1.82, 2.24) is 9.88 Å². The van der Waals surface area contributed by atoms with E-state index in [1.807, 2.05) is 12.1 Å². The van der Waals surface area contributed by atoms with Gasteiger partial charge in [-0.05, 0) is 35.6 Å². The molecule has 0 bridgehead atoms. The SMILES string of the molecule is CC(C)(C)C[C@H]1CN(C(=O)CC(=O)O)CC(c2ccc(Cl)cc2)N1c1ncc(Cl)cc1N. The first kappa shape index (κ1) is 24.1. The first-order valence-corrected chi connectivity index (χ1v) is 11.1. The minimum Gasteiger partial charge on any atom is -0.481 e. The summed E-state index contributed by atoms with van der Waals surface area (Å²) in [7, 11) is 0. The third kappa shape index (κ3) is 5.84. The molecule has 1 aromatic carbocycles. The van der Waals surface area contributed by atoms with Crippen LogP contribution >= 0.6 is 23.2 Å². The number of piperazine rings is 1. The highest BCUT2D eigenvalue weighted by Gasteiger charge is 2.40. The van der Waals surface area contributed by atoms with Crippen LogP contribution in [0, 0.1) is 5.41 Å². The summed E-state index contributed by atoms with van der Waals surface area (Å²) in [6.45, 7) is 7.05. The minimum atomic E-state index is -1.14. The summed E-state index contributed by atoms with van der Waals surface area (Å²) >= 11 is 12.2. The van der Waals surface area contributed by atoms with Crippen molar-refractivity contribution in [3.05, 3.63) is 52.1 Å². The van der Waals surface area contributed by atoms with Gasteiger partial charge in [-0.15, -0.1) is 0 Å². The molecule has 1 unspecified atom stereocenters. The molecule has 0 spiro atoms. The maximum atomic E-state index is 12.8. The Labute approximate surface area is 198 Å². The molecule has 32 heavy (non-hydrogen) atoms. The molecule has 1 aliphatic rings. The number of hydrogen-bond acceptors (Lipinski definition) is 5. The van der Waals surface area contributed by atoms with Gasteiger partial charge in [-0.1, -0.05) is 56.1 Å². The van der Waals surface area contributed by atoms with E-state index in [-0.39, 0.29) is 17.5 Å². The average molecular weight is 479 g/mol. The summed E-state index contributed by atoms with van der Waals surface area (Å²) in [4.78, 5) is 32.3. The molecule has 3 rings (SSSR count). The molecule has 1 amide bonds. The van der Waals surface area contributed by atoms with Crippen molar-refractivity contribution in [2.24, 2.45) is 5.41 Å². The maximum Gasteiger partial charge on any atom is 0.312 e. The standard InChI is InChI=1S/C23H28Cl2N4O3/c1-23(2,3)10-17-12-28(20(30)9-21(31)32)13-19(14-4-6-15(24)7-5-14)29(17)22-18(26)8-16(25)11-27-22/h4-8,11,17,19H,9-10,12-13,26H2,1-3H3,(H,31,32)/t17-,19?/m0/s1. The lowest BCUT2D eigenvalue weighted by atomic mass is 9.85. The van der Waals surface area contributed by atoms with Gasteiger partial charge in [0.1, 0.15) is 6.42 Å². The molecule has 1 aliphatic heterocycles. The Bertz CT molecular complexity index is 992. The number of anilines is 2. The summed E-state index contributed by atoms with van der Waals surface area (Å²) in [5.41, 5.74) is 7.65. The maximum absolute atomic E-state index is 12.8. The number of hydrogen-bond donors (Lipinski definition) is 2. The van der Waals surface area contributed by atoms with Gasteiger partial charge in [-0.25, -0.2) is 4.98 Å². The molecule has 7 nitrogen and oxygen atoms in total. The van der Waals surface area contributed by atoms with Gasteiger partial charge in [-0.3, -0.25) is 9.59 Å². The third-order valence-electron chi connectivity index (χ3n) is 5.42. The van der Waals surface area contributed by atoms with Crippen LogP contribution in [0.4, 0.5) is 11.5 Å². The summed E-state index contributed by atoms with van der Waals surface area (Å²) in [6, 6.07) is 8.64. The van der Waals surface area contributed by atoms with Crippen LogP contribution in [0.25, 0.3) is 0 Å². The van der Waals surface area contributed by atoms with Gasteiger partial charge in [-0.2, -0.15) is 0 Å². The number of carboxylic acids is 1. The van der Waals surface area contributed by atoms with Crippen LogP contribution in [0.15, 0.2) is 36.5 Å². The summed E-state index contributed by atoms with van der Waals surface area (Å²) in [5, 5.41) is 10.2. The molecule has 1 aromatic heterocycles. The van der Waals surface area contributed by atoms with E-state index in [0.717, 1.165) is 12.0 Å². The fourth-order valence-electron chi connectivity index (χ4n) is 4.22. The van der Waals surface area contributed by atoms with Crippen LogP contribution in [0.3, 0.4) is 0 Å². The Morgan fingerprint density at radius 1 is 1.16 bits per heavy atom. The van der Waals surface area contributed by atoms with E-state index in [2.05, 4.69) is 30.7 Å². The number of carbonyl (C=O) groups is 2. The van der Waals surface area contributed by atoms with E-state index in [1.54, 1.807) is 29.3 Å². The number of amides is 1. The fraction of sp³-hybridized carbons (Fsp3) is 0.435. The second-order valence-corrected chi connectivity index (χ2v) is 10.2. The van der Waals surface area contributed by atoms with Crippen molar-refractivity contribution in [3.8, 4) is 0 Å². The summed E-state index contributed by atoms with van der Waals surface area (Å²) < 4.78 is 0. The molecule has 2 aromatic rings. The number of carboxylic acid groups (broad SMARTS) is 1. The predicted octanol–water partition coefficient (Wildman–Crippen LogP) is 4.64. The minimum absolute atomic E-state index is 0.0620. The van der Waals surface area contributed by atoms with E-state index in [4.69, 9.17) is 34.0 Å². The molecule has 172 valence electrons. The van der Waals surface area contributed by atoms with Gasteiger partial charge in [0.25, 0.3) is 0 Å². The molecular formula is C23H28Cl2N4O3. The van der Waals surface area contributed by atoms with Gasteiger partial charge in [0.15, 0.2) is 5.82 Å². The molecule has 1 saturated heterocycles. The lowest BCUT2D eigenvalue weighted by molar-refractivity contribution is -0.145. The predicted molar refractivity (Wildman–Crippen MR) is 127 cm³/mol. The Kier molecular flexibility index (Phi) is 7.20. The van der Waals surface area contributed by atoms with Gasteiger partial charge in [0.2, 0.25) is 5.91 Å². The van der Waals surface area contributed by atoms with Crippen molar-refractivity contribution in [2.45, 2.75) is 45.7 Å². The zero-order valence-electron chi connectivity index (χ0n) is 18.4. The van der Waals surface area contributed by atoms with E-state index in [9.17, 15) is 9.59 Å². The number of nitrogens with two attached hydrogens (primary N) is 1. The second-order valence-electron chi connectivity index (χ2n) is 9.33. The fourth-order valence-corrected chi connectivity index (χ4v) is 4.51. The zero-order chi connectivity index (χ0) is 23.6. The highest BCUT2D eigenvalue weighted by molar-refractivity contribution is 6.31. The highest BCUT2D eigenvalue weighted by Crippen LogP contribution is 2.40. The number of carbonyl (C=O) groups excluding carboxylic acids is 1. The van der Waals surface area contributed by atoms with Crippen LogP contribution in [0.1, 0.15) is 45.2 Å². The third-order valence-corrected chi connectivity index (χ3v) is 5.88. The normalized spacial score (nSPS) is 19.2. The lowest BCUT2D eigenvalue weighted by Crippen LogP contribution is -2.57. The molecule has 2 heterocycles. The molecule has 0 aliphatic carbocycles. The van der Waals surface area contributed by atoms with E-state index in [0.29, 0.717) is 34.6 Å². The quantitative estimate of drug-likeness (QED) is 0.607. The van der Waals surface area contributed by atoms with Crippen molar-refractivity contribution >= 4 is 46.6 Å². The Hall–Kier alpha value is -2.51. The first-order chi connectivity index (χ1) is 14.9. The Morgan fingerprint density at radius 2 is 1.81 bits per heavy atom. The smallest absolute Gasteiger partial charge is 0.312 e. The van der Waals surface area contributed by atoms with Gasteiger partial charge in [0, 0.05) is 30.4 Å². The zero-order valence-corrected chi connectivity index (χ0v) is 19.9. The molecule has 2 atom stereocenters. The van der Waals surface area contributed by atoms with Crippen LogP contribution < -0.4 is 10.6 Å². The largest absolute Gasteiger partial charge is 0.481 e. The monoisotopic (exact) mass is 478 g/mol. The number of aliphatic carboxylic acids is 1. The number of nitrogens with zero attached hydrogens (tertiary/aromatic N) is 3. The van der Waals surface area contributed by atoms with E-state index < -0.39 is 18.3 Å². The number of nitrogen functional groups attached to an aromatic ring is 1. The topological polar surface area (TPSA) is 99.8 Å². The van der Waals surface area contributed by atoms with E-state index >= 15 is 0 Å². The average Bonchev–Trinajstić information content (AvgIpc) is 2.67. The van der Waals surface area contributed by atoms with Crippen LogP contribution in [-0.4, -0.2) is 46.0 Å². The highest BCUT2D eigenvalue weighted by atomic mass is 35.5. The Balaban J connectivity index is 2.11. The molecule has 1 fully saturated rings. The molecule has 0 saturated carbocycles. The summed E-state index contributed by atoms with van der Waals surface area (Å²) in [5.74, 6) is -0.961. The first-order valence-electron chi connectivity index (χ1n) is 10.4. The van der Waals surface area contributed by atoms with Gasteiger partial charge in [0.05, 0.1) is 16.8 Å². The number of aromatic nitrogens is 1. The van der Waals surface area contributed by atoms with Crippen LogP contribution in [-0.2, 0) is 9.59 Å². The lowest BCUT2D eigenvalue weighted by Gasteiger charge is -2.49. The van der Waals surface area contributed by atoms with E-state index in [1.165, 1.54) is 0 Å². The number of halogens is 2. The molecular weight excluding hydrogens is 451 g/mol. The second kappa shape index (κ2) is 9.55. The number of benzene rings is 1. The number of pyridine rings is 1. The molecule has 3 N–H and O–H groups in total. The van der Waals surface area contributed by atoms with Crippen molar-refractivity contribution in [1.29, 1.82) is 0 Å².